The standard InChI is InChI=1S/C17H17BrClNO4/c1-23-14-5-3-4-11(17(14)24-2)16(22)12-8-10(18)6-7-13(12)20-15(21)9-19/h3-8,16,22H,9H2,1-2H3,(H,20,21). The number of alkyl halides is 1. The Hall–Kier alpha value is -1.76. The van der Waals surface area contributed by atoms with Gasteiger partial charge >= 0.3 is 0 Å². The average Bonchev–Trinajstić information content (AvgIpc) is 2.61. The average molecular weight is 415 g/mol. The van der Waals surface area contributed by atoms with Crippen molar-refractivity contribution in [1.29, 1.82) is 0 Å². The summed E-state index contributed by atoms with van der Waals surface area (Å²) in [5.74, 6) is 0.413. The van der Waals surface area contributed by atoms with Gasteiger partial charge in [-0.25, -0.2) is 0 Å². The molecule has 0 spiro atoms. The van der Waals surface area contributed by atoms with Crippen LogP contribution in [0.1, 0.15) is 17.2 Å². The van der Waals surface area contributed by atoms with Gasteiger partial charge in [0.05, 0.1) is 14.2 Å². The first-order chi connectivity index (χ1) is 11.5. The molecule has 5 nitrogen and oxygen atoms in total. The largest absolute Gasteiger partial charge is 0.493 e. The molecule has 1 amide bonds. The van der Waals surface area contributed by atoms with E-state index in [-0.39, 0.29) is 11.8 Å². The molecule has 0 heterocycles. The number of para-hydroxylation sites is 1. The molecule has 1 unspecified atom stereocenters. The number of methoxy groups -OCH3 is 2. The first kappa shape index (κ1) is 18.6. The summed E-state index contributed by atoms with van der Waals surface area (Å²) in [7, 11) is 3.03. The van der Waals surface area contributed by atoms with Gasteiger partial charge in [0.1, 0.15) is 12.0 Å². The molecule has 0 bridgehead atoms. The number of carbonyl (C=O) groups is 1. The molecule has 0 saturated carbocycles. The molecule has 2 rings (SSSR count). The third-order valence-corrected chi connectivity index (χ3v) is 4.17. The van der Waals surface area contributed by atoms with E-state index in [1.54, 1.807) is 36.4 Å². The van der Waals surface area contributed by atoms with Gasteiger partial charge in [-0.3, -0.25) is 4.79 Å². The lowest BCUT2D eigenvalue weighted by Gasteiger charge is -2.20. The number of aliphatic hydroxyl groups excluding tert-OH is 1. The summed E-state index contributed by atoms with van der Waals surface area (Å²) in [4.78, 5) is 11.6. The zero-order chi connectivity index (χ0) is 17.7. The molecule has 128 valence electrons. The molecule has 0 fully saturated rings. The fourth-order valence-electron chi connectivity index (χ4n) is 2.35. The summed E-state index contributed by atoms with van der Waals surface area (Å²) in [6.07, 6.45) is -1.03. The van der Waals surface area contributed by atoms with Gasteiger partial charge < -0.3 is 19.9 Å². The predicted molar refractivity (Wildman–Crippen MR) is 97.1 cm³/mol. The van der Waals surface area contributed by atoms with Crippen LogP contribution in [0, 0.1) is 0 Å². The maximum absolute atomic E-state index is 11.6. The van der Waals surface area contributed by atoms with Crippen molar-refractivity contribution in [1.82, 2.24) is 0 Å². The minimum Gasteiger partial charge on any atom is -0.493 e. The molecule has 1 atom stereocenters. The van der Waals surface area contributed by atoms with Crippen LogP contribution >= 0.6 is 27.5 Å². The van der Waals surface area contributed by atoms with Crippen molar-refractivity contribution in [2.45, 2.75) is 6.10 Å². The Kier molecular flexibility index (Phi) is 6.48. The highest BCUT2D eigenvalue weighted by Crippen LogP contribution is 2.39. The summed E-state index contributed by atoms with van der Waals surface area (Å²) < 4.78 is 11.4. The Morgan fingerprint density at radius 1 is 1.25 bits per heavy atom. The van der Waals surface area contributed by atoms with Crippen molar-refractivity contribution in [3.05, 3.63) is 52.0 Å². The van der Waals surface area contributed by atoms with E-state index in [4.69, 9.17) is 21.1 Å². The molecular formula is C17H17BrClNO4. The summed E-state index contributed by atoms with van der Waals surface area (Å²) in [6, 6.07) is 10.4. The van der Waals surface area contributed by atoms with E-state index < -0.39 is 6.10 Å². The van der Waals surface area contributed by atoms with Gasteiger partial charge in [0.15, 0.2) is 11.5 Å². The van der Waals surface area contributed by atoms with E-state index >= 15 is 0 Å². The van der Waals surface area contributed by atoms with Crippen molar-refractivity contribution >= 4 is 39.1 Å². The Morgan fingerprint density at radius 3 is 2.62 bits per heavy atom. The van der Waals surface area contributed by atoms with Crippen molar-refractivity contribution in [2.24, 2.45) is 0 Å². The van der Waals surface area contributed by atoms with E-state index in [1.165, 1.54) is 14.2 Å². The van der Waals surface area contributed by atoms with E-state index in [0.717, 1.165) is 4.47 Å². The molecule has 0 aliphatic carbocycles. The number of hydrogen-bond donors (Lipinski definition) is 2. The number of halogens is 2. The van der Waals surface area contributed by atoms with Gasteiger partial charge in [0, 0.05) is 21.3 Å². The maximum Gasteiger partial charge on any atom is 0.239 e. The third-order valence-electron chi connectivity index (χ3n) is 3.43. The number of ether oxygens (including phenoxy) is 2. The lowest BCUT2D eigenvalue weighted by Crippen LogP contribution is -2.15. The van der Waals surface area contributed by atoms with E-state index in [9.17, 15) is 9.90 Å². The highest BCUT2D eigenvalue weighted by atomic mass is 79.9. The van der Waals surface area contributed by atoms with Gasteiger partial charge in [-0.15, -0.1) is 11.6 Å². The number of nitrogens with one attached hydrogen (secondary N) is 1. The van der Waals surface area contributed by atoms with Gasteiger partial charge in [0.2, 0.25) is 5.91 Å². The lowest BCUT2D eigenvalue weighted by atomic mass is 9.98. The number of hydrogen-bond acceptors (Lipinski definition) is 4. The minimum atomic E-state index is -1.03. The number of carbonyl (C=O) groups excluding carboxylic acids is 1. The Balaban J connectivity index is 2.51. The first-order valence-corrected chi connectivity index (χ1v) is 8.38. The van der Waals surface area contributed by atoms with Crippen LogP contribution in [-0.2, 0) is 4.79 Å². The van der Waals surface area contributed by atoms with Crippen LogP contribution in [0.4, 0.5) is 5.69 Å². The number of benzene rings is 2. The van der Waals surface area contributed by atoms with Gasteiger partial charge in [-0.05, 0) is 24.3 Å². The number of anilines is 1. The maximum atomic E-state index is 11.6. The van der Waals surface area contributed by atoms with Crippen LogP contribution in [0.15, 0.2) is 40.9 Å². The van der Waals surface area contributed by atoms with Gasteiger partial charge in [0.25, 0.3) is 0 Å². The molecule has 7 heteroatoms. The number of rotatable bonds is 6. The van der Waals surface area contributed by atoms with Crippen LogP contribution in [-0.4, -0.2) is 31.1 Å². The minimum absolute atomic E-state index is 0.173. The lowest BCUT2D eigenvalue weighted by molar-refractivity contribution is -0.113. The molecule has 0 saturated heterocycles. The Bertz CT molecular complexity index is 739. The van der Waals surface area contributed by atoms with Crippen LogP contribution in [0.3, 0.4) is 0 Å². The van der Waals surface area contributed by atoms with Gasteiger partial charge in [-0.2, -0.15) is 0 Å². The zero-order valence-corrected chi connectivity index (χ0v) is 15.5. The normalized spacial score (nSPS) is 11.7. The molecular weight excluding hydrogens is 398 g/mol. The molecule has 0 aromatic heterocycles. The SMILES string of the molecule is COc1cccc(C(O)c2cc(Br)ccc2NC(=O)CCl)c1OC. The fraction of sp³-hybridized carbons (Fsp3) is 0.235. The fourth-order valence-corrected chi connectivity index (χ4v) is 2.80. The summed E-state index contributed by atoms with van der Waals surface area (Å²) in [6.45, 7) is 0. The highest BCUT2D eigenvalue weighted by molar-refractivity contribution is 9.10. The molecule has 24 heavy (non-hydrogen) atoms. The molecule has 2 aromatic rings. The second kappa shape index (κ2) is 8.37. The summed E-state index contributed by atoms with van der Waals surface area (Å²) >= 11 is 8.93. The van der Waals surface area contributed by atoms with Crippen molar-refractivity contribution in [2.75, 3.05) is 25.4 Å². The van der Waals surface area contributed by atoms with Gasteiger partial charge in [-0.1, -0.05) is 28.1 Å². The van der Waals surface area contributed by atoms with Crippen LogP contribution in [0.5, 0.6) is 11.5 Å². The van der Waals surface area contributed by atoms with Crippen molar-refractivity contribution in [3.63, 3.8) is 0 Å². The summed E-state index contributed by atoms with van der Waals surface area (Å²) in [5, 5.41) is 13.6. The van der Waals surface area contributed by atoms with E-state index in [2.05, 4.69) is 21.2 Å². The molecule has 2 N–H and O–H groups in total. The molecule has 2 aromatic carbocycles. The smallest absolute Gasteiger partial charge is 0.239 e. The monoisotopic (exact) mass is 413 g/mol. The van der Waals surface area contributed by atoms with Crippen LogP contribution < -0.4 is 14.8 Å². The molecule has 0 aliphatic rings. The first-order valence-electron chi connectivity index (χ1n) is 7.06. The highest BCUT2D eigenvalue weighted by Gasteiger charge is 2.22. The van der Waals surface area contributed by atoms with E-state index in [1.807, 2.05) is 0 Å². The quantitative estimate of drug-likeness (QED) is 0.707. The Labute approximate surface area is 153 Å². The van der Waals surface area contributed by atoms with Crippen molar-refractivity contribution < 1.29 is 19.4 Å². The third kappa shape index (κ3) is 4.01. The topological polar surface area (TPSA) is 67.8 Å². The number of aliphatic hydroxyl groups is 1. The number of amides is 1. The van der Waals surface area contributed by atoms with Crippen LogP contribution in [0.2, 0.25) is 0 Å². The summed E-state index contributed by atoms with van der Waals surface area (Å²) in [5.41, 5.74) is 1.51. The predicted octanol–water partition coefficient (Wildman–Crippen LogP) is 3.73. The van der Waals surface area contributed by atoms with Crippen molar-refractivity contribution in [3.8, 4) is 11.5 Å². The second-order valence-electron chi connectivity index (χ2n) is 4.90. The van der Waals surface area contributed by atoms with E-state index in [0.29, 0.717) is 28.3 Å². The second-order valence-corrected chi connectivity index (χ2v) is 6.08. The zero-order valence-electron chi connectivity index (χ0n) is 13.2. The molecule has 0 radical (unpaired) electrons. The molecule has 0 aliphatic heterocycles. The Morgan fingerprint density at radius 2 is 2.00 bits per heavy atom. The van der Waals surface area contributed by atoms with Crippen LogP contribution in [0.25, 0.3) is 0 Å².